The maximum absolute atomic E-state index is 12.8. The molecule has 1 N–H and O–H groups in total. The van der Waals surface area contributed by atoms with Gasteiger partial charge in [-0.05, 0) is 6.07 Å². The van der Waals surface area contributed by atoms with Crippen LogP contribution in [0, 0.1) is 15.9 Å². The van der Waals surface area contributed by atoms with E-state index in [-0.39, 0.29) is 0 Å². The smallest absolute Gasteiger partial charge is 0.345 e. The van der Waals surface area contributed by atoms with Crippen molar-refractivity contribution in [2.75, 3.05) is 7.11 Å². The molecule has 0 atom stereocenters. The Hall–Kier alpha value is -2.18. The molecular weight excluding hydrogens is 257 g/mol. The molecule has 7 heteroatoms. The molecule has 19 heavy (non-hydrogen) atoms. The van der Waals surface area contributed by atoms with E-state index >= 15 is 0 Å². The highest BCUT2D eigenvalue weighted by Gasteiger charge is 2.23. The molecule has 0 bridgehead atoms. The van der Waals surface area contributed by atoms with Crippen molar-refractivity contribution < 1.29 is 24.0 Å². The number of ether oxygens (including phenoxy) is 1. The van der Waals surface area contributed by atoms with Crippen LogP contribution in [0.25, 0.3) is 0 Å². The molecule has 0 heterocycles. The lowest BCUT2D eigenvalue weighted by Crippen LogP contribution is -2.06. The van der Waals surface area contributed by atoms with Gasteiger partial charge in [0, 0.05) is 0 Å². The largest absolute Gasteiger partial charge is 0.505 e. The summed E-state index contributed by atoms with van der Waals surface area (Å²) in [5, 5.41) is 19.4. The number of hydrogen-bond donors (Lipinski definition) is 1. The second-order valence-corrected chi connectivity index (χ2v) is 2.57. The third-order valence-electron chi connectivity index (χ3n) is 1.67. The lowest BCUT2D eigenvalue weighted by Gasteiger charge is -2.02. The van der Waals surface area contributed by atoms with E-state index in [2.05, 4.69) is 4.74 Å². The number of carbonyl (C=O) groups is 1. The molecule has 0 radical (unpaired) electrons. The number of benzene rings is 1. The minimum Gasteiger partial charge on any atom is -0.505 e. The van der Waals surface area contributed by atoms with Gasteiger partial charge in [-0.3, -0.25) is 10.1 Å². The first-order chi connectivity index (χ1) is 8.97. The topological polar surface area (TPSA) is 89.7 Å². The van der Waals surface area contributed by atoms with Crippen LogP contribution in [0.4, 0.5) is 10.1 Å². The highest BCUT2D eigenvalue weighted by Crippen LogP contribution is 2.27. The predicted molar refractivity (Wildman–Crippen MR) is 68.8 cm³/mol. The number of halogens is 1. The molecule has 1 aromatic rings. The van der Waals surface area contributed by atoms with Gasteiger partial charge in [-0.2, -0.15) is 0 Å². The summed E-state index contributed by atoms with van der Waals surface area (Å²) in [6.45, 7) is 8.00. The van der Waals surface area contributed by atoms with E-state index in [1.54, 1.807) is 0 Å². The average molecular weight is 275 g/mol. The van der Waals surface area contributed by atoms with E-state index < -0.39 is 33.7 Å². The van der Waals surface area contributed by atoms with Crippen molar-refractivity contribution in [3.05, 3.63) is 33.6 Å². The van der Waals surface area contributed by atoms with Gasteiger partial charge < -0.3 is 9.84 Å². The summed E-state index contributed by atoms with van der Waals surface area (Å²) in [5.41, 5.74) is -1.25. The number of nitrogens with zero attached hydrogens (tertiary/aromatic N) is 1. The number of esters is 1. The van der Waals surface area contributed by atoms with Crippen LogP contribution < -0.4 is 0 Å². The number of phenols is 1. The van der Waals surface area contributed by atoms with Gasteiger partial charge in [-0.25, -0.2) is 9.18 Å². The third kappa shape index (κ3) is 5.33. The quantitative estimate of drug-likeness (QED) is 0.508. The number of hydrogen-bond acceptors (Lipinski definition) is 5. The van der Waals surface area contributed by atoms with Gasteiger partial charge >= 0.3 is 5.97 Å². The van der Waals surface area contributed by atoms with Gasteiger partial charge in [-0.1, -0.05) is 27.7 Å². The van der Waals surface area contributed by atoms with E-state index in [1.807, 2.05) is 27.7 Å². The summed E-state index contributed by atoms with van der Waals surface area (Å²) in [6.07, 6.45) is 0. The number of phenolic OH excluding ortho intramolecular Hbond substituents is 1. The highest BCUT2D eigenvalue weighted by molar-refractivity contribution is 5.94. The lowest BCUT2D eigenvalue weighted by molar-refractivity contribution is -0.385. The first-order valence-corrected chi connectivity index (χ1v) is 5.72. The molecule has 0 aliphatic carbocycles. The standard InChI is InChI=1S/C8H6FNO5.2C2H6/c1-15-8(12)4-2-5(9)7(11)3-6(4)10(13)14;2*1-2/h2-3,11H,1H3;2*1-2H3. The van der Waals surface area contributed by atoms with Crippen molar-refractivity contribution in [2.45, 2.75) is 27.7 Å². The third-order valence-corrected chi connectivity index (χ3v) is 1.67. The van der Waals surface area contributed by atoms with Gasteiger partial charge in [0.15, 0.2) is 11.6 Å². The fourth-order valence-electron chi connectivity index (χ4n) is 0.975. The van der Waals surface area contributed by atoms with Crippen LogP contribution in [-0.4, -0.2) is 23.1 Å². The minimum atomic E-state index is -1.12. The van der Waals surface area contributed by atoms with Gasteiger partial charge in [0.2, 0.25) is 0 Å². The second-order valence-electron chi connectivity index (χ2n) is 2.57. The zero-order chi connectivity index (χ0) is 15.6. The van der Waals surface area contributed by atoms with Crippen LogP contribution >= 0.6 is 0 Å². The summed E-state index contributed by atoms with van der Waals surface area (Å²) in [5.74, 6) is -3.06. The first-order valence-electron chi connectivity index (χ1n) is 5.72. The van der Waals surface area contributed by atoms with Crippen LogP contribution in [0.5, 0.6) is 5.75 Å². The second kappa shape index (κ2) is 9.81. The molecule has 1 aromatic carbocycles. The van der Waals surface area contributed by atoms with E-state index in [0.29, 0.717) is 12.1 Å². The highest BCUT2D eigenvalue weighted by atomic mass is 19.1. The SMILES string of the molecule is CC.CC.COC(=O)c1cc(F)c(O)cc1[N+](=O)[O-]. The van der Waals surface area contributed by atoms with Gasteiger partial charge in [-0.15, -0.1) is 0 Å². The lowest BCUT2D eigenvalue weighted by atomic mass is 10.1. The van der Waals surface area contributed by atoms with Crippen molar-refractivity contribution in [3.63, 3.8) is 0 Å². The Morgan fingerprint density at radius 2 is 1.79 bits per heavy atom. The van der Waals surface area contributed by atoms with Crippen molar-refractivity contribution in [1.29, 1.82) is 0 Å². The van der Waals surface area contributed by atoms with Crippen LogP contribution in [0.1, 0.15) is 38.1 Å². The number of methoxy groups -OCH3 is 1. The summed E-state index contributed by atoms with van der Waals surface area (Å²) in [4.78, 5) is 20.6. The molecule has 108 valence electrons. The fourth-order valence-corrected chi connectivity index (χ4v) is 0.975. The Labute approximate surface area is 111 Å². The van der Waals surface area contributed by atoms with Crippen molar-refractivity contribution in [2.24, 2.45) is 0 Å². The Kier molecular flexibility index (Phi) is 9.90. The van der Waals surface area contributed by atoms with Gasteiger partial charge in [0.25, 0.3) is 5.69 Å². The summed E-state index contributed by atoms with van der Waals surface area (Å²) in [6, 6.07) is 1.11. The number of carbonyl (C=O) groups excluding carboxylic acids is 1. The maximum Gasteiger partial charge on any atom is 0.345 e. The molecule has 0 aliphatic heterocycles. The molecule has 0 saturated heterocycles. The maximum atomic E-state index is 12.8. The summed E-state index contributed by atoms with van der Waals surface area (Å²) in [7, 11) is 1.01. The molecule has 0 amide bonds. The number of aromatic hydroxyl groups is 1. The van der Waals surface area contributed by atoms with Crippen molar-refractivity contribution >= 4 is 11.7 Å². The molecule has 0 spiro atoms. The number of nitro groups is 1. The molecule has 0 unspecified atom stereocenters. The van der Waals surface area contributed by atoms with Gasteiger partial charge in [0.05, 0.1) is 18.1 Å². The Morgan fingerprint density at radius 1 is 1.32 bits per heavy atom. The normalized spacial score (nSPS) is 8.32. The molecule has 0 fully saturated rings. The zero-order valence-corrected chi connectivity index (χ0v) is 11.6. The molecule has 0 aliphatic rings. The molecule has 6 nitrogen and oxygen atoms in total. The molecule has 0 saturated carbocycles. The molecular formula is C12H18FNO5. The number of nitro benzene ring substituents is 1. The minimum absolute atomic E-state index is 0.544. The Bertz CT molecular complexity index is 434. The molecule has 1 rings (SSSR count). The fraction of sp³-hybridized carbons (Fsp3) is 0.417. The Balaban J connectivity index is 0. The summed E-state index contributed by atoms with van der Waals surface area (Å²) < 4.78 is 17.1. The van der Waals surface area contributed by atoms with Crippen LogP contribution in [0.2, 0.25) is 0 Å². The molecule has 0 aromatic heterocycles. The zero-order valence-electron chi connectivity index (χ0n) is 11.6. The first kappa shape index (κ1) is 19.2. The van der Waals surface area contributed by atoms with Crippen molar-refractivity contribution in [3.8, 4) is 5.75 Å². The van der Waals surface area contributed by atoms with Crippen LogP contribution in [0.15, 0.2) is 12.1 Å². The number of rotatable bonds is 2. The van der Waals surface area contributed by atoms with Crippen molar-refractivity contribution in [1.82, 2.24) is 0 Å². The average Bonchev–Trinajstić information content (AvgIpc) is 2.44. The Morgan fingerprint density at radius 3 is 2.16 bits per heavy atom. The predicted octanol–water partition coefficient (Wildman–Crippen LogP) is 3.28. The summed E-state index contributed by atoms with van der Waals surface area (Å²) >= 11 is 0. The van der Waals surface area contributed by atoms with E-state index in [4.69, 9.17) is 5.11 Å². The van der Waals surface area contributed by atoms with Crippen LogP contribution in [0.3, 0.4) is 0 Å². The van der Waals surface area contributed by atoms with Gasteiger partial charge in [0.1, 0.15) is 5.56 Å². The van der Waals surface area contributed by atoms with E-state index in [0.717, 1.165) is 7.11 Å². The monoisotopic (exact) mass is 275 g/mol. The van der Waals surface area contributed by atoms with E-state index in [9.17, 15) is 19.3 Å². The van der Waals surface area contributed by atoms with E-state index in [1.165, 1.54) is 0 Å². The van der Waals surface area contributed by atoms with Crippen LogP contribution in [-0.2, 0) is 4.74 Å².